The molecule has 94 valence electrons. The van der Waals surface area contributed by atoms with Crippen molar-refractivity contribution < 1.29 is 9.90 Å². The second-order valence-electron chi connectivity index (χ2n) is 3.92. The molecule has 0 saturated heterocycles. The Morgan fingerprint density at radius 2 is 2.17 bits per heavy atom. The van der Waals surface area contributed by atoms with Crippen molar-refractivity contribution in [3.05, 3.63) is 39.6 Å². The highest BCUT2D eigenvalue weighted by atomic mass is 79.9. The van der Waals surface area contributed by atoms with Gasteiger partial charge in [-0.3, -0.25) is 9.89 Å². The minimum Gasteiger partial charge on any atom is -0.507 e. The van der Waals surface area contributed by atoms with E-state index in [1.807, 2.05) is 6.92 Å². The number of hydrogen-bond donors (Lipinski definition) is 3. The number of carbonyl (C=O) groups excluding carboxylic acids is 1. The average molecular weight is 310 g/mol. The van der Waals surface area contributed by atoms with Crippen molar-refractivity contribution in [1.29, 1.82) is 0 Å². The molecule has 2 aromatic rings. The maximum absolute atomic E-state index is 12.1. The first kappa shape index (κ1) is 12.6. The number of aromatic hydroxyl groups is 1. The number of phenolic OH excluding ortho intramolecular Hbond substituents is 1. The quantitative estimate of drug-likeness (QED) is 0.798. The molecule has 0 aliphatic heterocycles. The number of aryl methyl sites for hydroxylation is 2. The molecule has 0 aliphatic carbocycles. The van der Waals surface area contributed by atoms with E-state index in [2.05, 4.69) is 31.4 Å². The molecule has 0 radical (unpaired) electrons. The fraction of sp³-hybridized carbons (Fsp3) is 0.167. The Balaban J connectivity index is 2.30. The molecule has 0 bridgehead atoms. The molecule has 0 unspecified atom stereocenters. The molecule has 2 rings (SSSR count). The number of nitrogens with one attached hydrogen (secondary N) is 2. The maximum atomic E-state index is 12.1. The first-order valence-electron chi connectivity index (χ1n) is 5.30. The zero-order chi connectivity index (χ0) is 13.3. The Kier molecular flexibility index (Phi) is 3.38. The first-order chi connectivity index (χ1) is 8.49. The number of aromatic amines is 1. The number of benzene rings is 1. The van der Waals surface area contributed by atoms with Gasteiger partial charge in [0, 0.05) is 4.47 Å². The van der Waals surface area contributed by atoms with E-state index in [0.29, 0.717) is 11.4 Å². The van der Waals surface area contributed by atoms with Gasteiger partial charge in [0.2, 0.25) is 0 Å². The lowest BCUT2D eigenvalue weighted by atomic mass is 10.2. The molecule has 3 N–H and O–H groups in total. The highest BCUT2D eigenvalue weighted by Gasteiger charge is 2.15. The fourth-order valence-corrected chi connectivity index (χ4v) is 1.97. The molecule has 1 aromatic heterocycles. The number of halogens is 1. The zero-order valence-corrected chi connectivity index (χ0v) is 11.5. The highest BCUT2D eigenvalue weighted by Crippen LogP contribution is 2.24. The summed E-state index contributed by atoms with van der Waals surface area (Å²) in [6.07, 6.45) is 0. The standard InChI is InChI=1S/C12H12BrN3O2/c1-6-11(7(2)16-15-6)14-12(18)9-5-8(13)3-4-10(9)17/h3-5,17H,1-2H3,(H,14,18)(H,15,16). The Morgan fingerprint density at radius 1 is 1.44 bits per heavy atom. The Bertz CT molecular complexity index is 588. The van der Waals surface area contributed by atoms with Crippen molar-refractivity contribution in [3.63, 3.8) is 0 Å². The minimum absolute atomic E-state index is 0.0606. The number of carbonyl (C=O) groups is 1. The van der Waals surface area contributed by atoms with E-state index in [1.165, 1.54) is 6.07 Å². The second kappa shape index (κ2) is 4.81. The highest BCUT2D eigenvalue weighted by molar-refractivity contribution is 9.10. The van der Waals surface area contributed by atoms with Gasteiger partial charge in [0.1, 0.15) is 5.75 Å². The van der Waals surface area contributed by atoms with Crippen LogP contribution in [0.2, 0.25) is 0 Å². The van der Waals surface area contributed by atoms with Gasteiger partial charge >= 0.3 is 0 Å². The largest absolute Gasteiger partial charge is 0.507 e. The van der Waals surface area contributed by atoms with Gasteiger partial charge in [-0.2, -0.15) is 5.10 Å². The minimum atomic E-state index is -0.374. The molecule has 1 aromatic carbocycles. The number of amides is 1. The number of phenols is 1. The molecule has 1 amide bonds. The van der Waals surface area contributed by atoms with Gasteiger partial charge in [0.25, 0.3) is 5.91 Å². The summed E-state index contributed by atoms with van der Waals surface area (Å²) in [7, 11) is 0. The summed E-state index contributed by atoms with van der Waals surface area (Å²) in [6.45, 7) is 3.61. The van der Waals surface area contributed by atoms with E-state index in [9.17, 15) is 9.90 Å². The number of anilines is 1. The van der Waals surface area contributed by atoms with Crippen molar-refractivity contribution in [1.82, 2.24) is 10.2 Å². The predicted molar refractivity (Wildman–Crippen MR) is 71.8 cm³/mol. The van der Waals surface area contributed by atoms with Crippen LogP contribution in [0.1, 0.15) is 21.7 Å². The lowest BCUT2D eigenvalue weighted by Gasteiger charge is -2.07. The van der Waals surface area contributed by atoms with E-state index >= 15 is 0 Å². The van der Waals surface area contributed by atoms with Crippen molar-refractivity contribution in [2.75, 3.05) is 5.32 Å². The summed E-state index contributed by atoms with van der Waals surface area (Å²) in [4.78, 5) is 12.1. The van der Waals surface area contributed by atoms with E-state index in [4.69, 9.17) is 0 Å². The van der Waals surface area contributed by atoms with Gasteiger partial charge in [0.15, 0.2) is 0 Å². The van der Waals surface area contributed by atoms with E-state index in [0.717, 1.165) is 10.2 Å². The van der Waals surface area contributed by atoms with Crippen LogP contribution in [0.25, 0.3) is 0 Å². The molecule has 0 atom stereocenters. The van der Waals surface area contributed by atoms with Gasteiger partial charge < -0.3 is 10.4 Å². The normalized spacial score (nSPS) is 10.4. The van der Waals surface area contributed by atoms with E-state index < -0.39 is 0 Å². The molecule has 1 heterocycles. The molecule has 0 saturated carbocycles. The average Bonchev–Trinajstić information content (AvgIpc) is 2.64. The third kappa shape index (κ3) is 2.38. The number of H-pyrrole nitrogens is 1. The third-order valence-corrected chi connectivity index (χ3v) is 3.06. The maximum Gasteiger partial charge on any atom is 0.259 e. The summed E-state index contributed by atoms with van der Waals surface area (Å²) in [6, 6.07) is 4.70. The Hall–Kier alpha value is -1.82. The smallest absolute Gasteiger partial charge is 0.259 e. The number of rotatable bonds is 2. The summed E-state index contributed by atoms with van der Waals surface area (Å²) in [5.41, 5.74) is 2.33. The van der Waals surface area contributed by atoms with Crippen molar-refractivity contribution in [3.8, 4) is 5.75 Å². The fourth-order valence-electron chi connectivity index (χ4n) is 1.61. The SMILES string of the molecule is Cc1n[nH]c(C)c1NC(=O)c1cc(Br)ccc1O. The molecular weight excluding hydrogens is 298 g/mol. The van der Waals surface area contributed by atoms with Crippen molar-refractivity contribution >= 4 is 27.5 Å². The molecular formula is C12H12BrN3O2. The second-order valence-corrected chi connectivity index (χ2v) is 4.84. The number of nitrogens with zero attached hydrogens (tertiary/aromatic N) is 1. The van der Waals surface area contributed by atoms with Crippen LogP contribution in [0, 0.1) is 13.8 Å². The van der Waals surface area contributed by atoms with Crippen molar-refractivity contribution in [2.45, 2.75) is 13.8 Å². The van der Waals surface area contributed by atoms with Crippen LogP contribution in [0.4, 0.5) is 5.69 Å². The molecule has 0 spiro atoms. The van der Waals surface area contributed by atoms with Crippen LogP contribution in [0.5, 0.6) is 5.75 Å². The molecule has 5 nitrogen and oxygen atoms in total. The summed E-state index contributed by atoms with van der Waals surface area (Å²) < 4.78 is 0.728. The monoisotopic (exact) mass is 309 g/mol. The van der Waals surface area contributed by atoms with Gasteiger partial charge in [-0.25, -0.2) is 0 Å². The molecule has 18 heavy (non-hydrogen) atoms. The van der Waals surface area contributed by atoms with Gasteiger partial charge in [-0.1, -0.05) is 15.9 Å². The van der Waals surface area contributed by atoms with E-state index in [-0.39, 0.29) is 17.2 Å². The number of hydrogen-bond acceptors (Lipinski definition) is 3. The lowest BCUT2D eigenvalue weighted by molar-refractivity contribution is 0.102. The van der Waals surface area contributed by atoms with Crippen LogP contribution < -0.4 is 5.32 Å². The Labute approximate surface area is 112 Å². The zero-order valence-electron chi connectivity index (χ0n) is 9.91. The lowest BCUT2D eigenvalue weighted by Crippen LogP contribution is -2.13. The number of aromatic nitrogens is 2. The summed E-state index contributed by atoms with van der Waals surface area (Å²) >= 11 is 3.26. The molecule has 0 fully saturated rings. The molecule has 0 aliphatic rings. The van der Waals surface area contributed by atoms with Crippen molar-refractivity contribution in [2.24, 2.45) is 0 Å². The van der Waals surface area contributed by atoms with Crippen LogP contribution >= 0.6 is 15.9 Å². The molecule has 6 heteroatoms. The van der Waals surface area contributed by atoms with Crippen LogP contribution in [0.3, 0.4) is 0 Å². The Morgan fingerprint density at radius 3 is 2.78 bits per heavy atom. The first-order valence-corrected chi connectivity index (χ1v) is 6.09. The van der Waals surface area contributed by atoms with Crippen LogP contribution in [-0.4, -0.2) is 21.2 Å². The topological polar surface area (TPSA) is 78.0 Å². The summed E-state index contributed by atoms with van der Waals surface area (Å²) in [5, 5.41) is 19.2. The van der Waals surface area contributed by atoms with Crippen LogP contribution in [-0.2, 0) is 0 Å². The third-order valence-electron chi connectivity index (χ3n) is 2.57. The van der Waals surface area contributed by atoms with Gasteiger partial charge in [-0.15, -0.1) is 0 Å². The summed E-state index contributed by atoms with van der Waals surface area (Å²) in [5.74, 6) is -0.434. The van der Waals surface area contributed by atoms with E-state index in [1.54, 1.807) is 19.1 Å². The van der Waals surface area contributed by atoms with Gasteiger partial charge in [0.05, 0.1) is 22.6 Å². The van der Waals surface area contributed by atoms with Gasteiger partial charge in [-0.05, 0) is 32.0 Å². The van der Waals surface area contributed by atoms with Crippen LogP contribution in [0.15, 0.2) is 22.7 Å². The predicted octanol–water partition coefficient (Wildman–Crippen LogP) is 2.75.